The van der Waals surface area contributed by atoms with E-state index in [0.717, 1.165) is 41.7 Å². The number of esters is 1. The van der Waals surface area contributed by atoms with Gasteiger partial charge in [0.25, 0.3) is 0 Å². The Balaban J connectivity index is 1.19. The molecule has 0 radical (unpaired) electrons. The molecule has 2 aromatic carbocycles. The zero-order chi connectivity index (χ0) is 29.0. The number of benzene rings is 2. The van der Waals surface area contributed by atoms with Gasteiger partial charge in [-0.3, -0.25) is 4.21 Å². The predicted molar refractivity (Wildman–Crippen MR) is 167 cm³/mol. The summed E-state index contributed by atoms with van der Waals surface area (Å²) in [5.74, 6) is 3.83. The minimum atomic E-state index is -0.935. The van der Waals surface area contributed by atoms with Crippen LogP contribution in [0.25, 0.3) is 0 Å². The van der Waals surface area contributed by atoms with Crippen LogP contribution in [0.3, 0.4) is 0 Å². The minimum Gasteiger partial charge on any atom is -0.458 e. The molecule has 0 N–H and O–H groups in total. The van der Waals surface area contributed by atoms with E-state index in [1.807, 2.05) is 60.7 Å². The molecule has 41 heavy (non-hydrogen) atoms. The van der Waals surface area contributed by atoms with Gasteiger partial charge in [-0.05, 0) is 110 Å². The van der Waals surface area contributed by atoms with Gasteiger partial charge in [-0.25, -0.2) is 4.79 Å². The molecule has 3 unspecified atom stereocenters. The summed E-state index contributed by atoms with van der Waals surface area (Å²) >= 11 is 0. The lowest BCUT2D eigenvalue weighted by Crippen LogP contribution is -2.55. The highest BCUT2D eigenvalue weighted by Crippen LogP contribution is 2.69. The summed E-state index contributed by atoms with van der Waals surface area (Å²) in [6.45, 7) is 12.1. The first kappa shape index (κ1) is 28.9. The van der Waals surface area contributed by atoms with Crippen molar-refractivity contribution in [3.8, 4) is 0 Å². The van der Waals surface area contributed by atoms with Gasteiger partial charge < -0.3 is 4.74 Å². The fourth-order valence-electron chi connectivity index (χ4n) is 10.4. The average molecular weight is 573 g/mol. The Morgan fingerprint density at radius 2 is 1.59 bits per heavy atom. The molecular formula is C37H48O3S. The maximum Gasteiger partial charge on any atom is 0.338 e. The molecule has 0 bridgehead atoms. The molecule has 0 aliphatic heterocycles. The van der Waals surface area contributed by atoms with E-state index in [0.29, 0.717) is 28.7 Å². The lowest BCUT2D eigenvalue weighted by molar-refractivity contribution is -0.0818. The fraction of sp³-hybridized carbons (Fsp3) is 0.595. The summed E-state index contributed by atoms with van der Waals surface area (Å²) in [4.78, 5) is 14.0. The quantitative estimate of drug-likeness (QED) is 0.256. The molecule has 9 atom stereocenters. The van der Waals surface area contributed by atoms with Crippen LogP contribution in [0.5, 0.6) is 0 Å². The Morgan fingerprint density at radius 1 is 0.902 bits per heavy atom. The minimum absolute atomic E-state index is 0.0952. The number of ether oxygens (including phenoxy) is 1. The van der Waals surface area contributed by atoms with Gasteiger partial charge in [-0.15, -0.1) is 0 Å². The summed E-state index contributed by atoms with van der Waals surface area (Å²) in [7, 11) is -0.935. The van der Waals surface area contributed by atoms with Gasteiger partial charge in [-0.2, -0.15) is 0 Å². The van der Waals surface area contributed by atoms with Crippen molar-refractivity contribution in [1.29, 1.82) is 0 Å². The number of hydrogen-bond acceptors (Lipinski definition) is 3. The fourth-order valence-corrected chi connectivity index (χ4v) is 11.7. The van der Waals surface area contributed by atoms with Gasteiger partial charge in [0.2, 0.25) is 0 Å². The molecule has 4 heteroatoms. The van der Waals surface area contributed by atoms with Gasteiger partial charge >= 0.3 is 5.97 Å². The smallest absolute Gasteiger partial charge is 0.338 e. The van der Waals surface area contributed by atoms with E-state index in [4.69, 9.17) is 4.74 Å². The van der Waals surface area contributed by atoms with Crippen LogP contribution in [-0.4, -0.2) is 22.0 Å². The molecule has 3 nitrogen and oxygen atoms in total. The van der Waals surface area contributed by atoms with Crippen molar-refractivity contribution in [1.82, 2.24) is 0 Å². The molecule has 0 amide bonds. The SMILES string of the molecule is CC(CS(=O)c1ccccc1)[C@H]1CC[C@H]2[C@@H]3CC=C4C(C)(C)C(OC(=O)c5ccccc5)CC[C@]4(C)[C@H]3CC[C@]12C. The molecule has 3 fully saturated rings. The zero-order valence-corrected chi connectivity index (χ0v) is 26.4. The van der Waals surface area contributed by atoms with Crippen molar-refractivity contribution in [3.63, 3.8) is 0 Å². The van der Waals surface area contributed by atoms with Crippen molar-refractivity contribution in [2.24, 2.45) is 45.8 Å². The topological polar surface area (TPSA) is 43.4 Å². The second-order valence-electron chi connectivity index (χ2n) is 14.7. The average Bonchev–Trinajstić information content (AvgIpc) is 3.33. The van der Waals surface area contributed by atoms with Crippen LogP contribution >= 0.6 is 0 Å². The van der Waals surface area contributed by atoms with Crippen molar-refractivity contribution in [3.05, 3.63) is 77.9 Å². The van der Waals surface area contributed by atoms with Crippen molar-refractivity contribution < 1.29 is 13.7 Å². The molecular weight excluding hydrogens is 524 g/mol. The molecule has 6 rings (SSSR count). The maximum atomic E-state index is 13.2. The summed E-state index contributed by atoms with van der Waals surface area (Å²) in [5, 5.41) is 0. The number of allylic oxidation sites excluding steroid dienone is 1. The first-order chi connectivity index (χ1) is 19.6. The lowest BCUT2D eigenvalue weighted by Gasteiger charge is -2.61. The van der Waals surface area contributed by atoms with Crippen LogP contribution in [0.4, 0.5) is 0 Å². The third kappa shape index (κ3) is 4.86. The standard InChI is InChI=1S/C37H48O3S/c1-25(24-41(39)27-14-10-7-11-15-27)29-17-18-30-28-16-19-32-35(2,3)33(40-34(38)26-12-8-6-9-13-26)21-23-37(32,5)31(28)20-22-36(29,30)4/h6-15,19,25,28-31,33H,16-18,20-24H2,1-5H3/t25?,28-,29+,30-,31-,33?,36+,37+,41?/m0/s1. The summed E-state index contributed by atoms with van der Waals surface area (Å²) in [5.41, 5.74) is 2.51. The first-order valence-electron chi connectivity index (χ1n) is 16.0. The van der Waals surface area contributed by atoms with Crippen LogP contribution in [0, 0.1) is 45.8 Å². The maximum absolute atomic E-state index is 13.2. The second-order valence-corrected chi connectivity index (χ2v) is 16.2. The third-order valence-corrected chi connectivity index (χ3v) is 14.0. The molecule has 4 aliphatic carbocycles. The van der Waals surface area contributed by atoms with Crippen molar-refractivity contribution in [2.45, 2.75) is 90.6 Å². The van der Waals surface area contributed by atoms with Gasteiger partial charge in [0.15, 0.2) is 0 Å². The van der Waals surface area contributed by atoms with Crippen LogP contribution in [0.15, 0.2) is 77.2 Å². The highest BCUT2D eigenvalue weighted by molar-refractivity contribution is 7.85. The van der Waals surface area contributed by atoms with E-state index in [1.54, 1.807) is 0 Å². The second kappa shape index (κ2) is 10.8. The van der Waals surface area contributed by atoms with Crippen LogP contribution in [-0.2, 0) is 15.5 Å². The molecule has 0 aromatic heterocycles. The van der Waals surface area contributed by atoms with Gasteiger partial charge in [0, 0.05) is 16.1 Å². The van der Waals surface area contributed by atoms with Crippen LogP contribution in [0.1, 0.15) is 89.9 Å². The van der Waals surface area contributed by atoms with Gasteiger partial charge in [-0.1, -0.05) is 82.7 Å². The highest BCUT2D eigenvalue weighted by atomic mass is 32.2. The van der Waals surface area contributed by atoms with E-state index >= 15 is 0 Å². The zero-order valence-electron chi connectivity index (χ0n) is 25.6. The third-order valence-electron chi connectivity index (χ3n) is 12.3. The van der Waals surface area contributed by atoms with E-state index < -0.39 is 10.8 Å². The molecule has 0 saturated heterocycles. The molecule has 2 aromatic rings. The largest absolute Gasteiger partial charge is 0.458 e. The normalized spacial score (nSPS) is 37.1. The van der Waals surface area contributed by atoms with Crippen molar-refractivity contribution in [2.75, 3.05) is 5.75 Å². The van der Waals surface area contributed by atoms with Crippen LogP contribution < -0.4 is 0 Å². The Bertz CT molecular complexity index is 1320. The predicted octanol–water partition coefficient (Wildman–Crippen LogP) is 8.87. The monoisotopic (exact) mass is 572 g/mol. The Hall–Kier alpha value is -2.20. The lowest BCUT2D eigenvalue weighted by atomic mass is 9.44. The number of fused-ring (bicyclic) bond motifs is 5. The summed E-state index contributed by atoms with van der Waals surface area (Å²) in [6, 6.07) is 19.5. The number of carbonyl (C=O) groups is 1. The molecule has 220 valence electrons. The Kier molecular flexibility index (Phi) is 7.62. The molecule has 3 saturated carbocycles. The van der Waals surface area contributed by atoms with Gasteiger partial charge in [0.1, 0.15) is 6.10 Å². The number of carbonyl (C=O) groups excluding carboxylic acids is 1. The summed E-state index contributed by atoms with van der Waals surface area (Å²) < 4.78 is 19.4. The van der Waals surface area contributed by atoms with Crippen molar-refractivity contribution >= 4 is 16.8 Å². The van der Waals surface area contributed by atoms with E-state index in [-0.39, 0.29) is 22.9 Å². The number of rotatable bonds is 6. The molecule has 4 aliphatic rings. The molecule has 0 heterocycles. The highest BCUT2D eigenvalue weighted by Gasteiger charge is 2.61. The summed E-state index contributed by atoms with van der Waals surface area (Å²) in [6.07, 6.45) is 10.8. The van der Waals surface area contributed by atoms with E-state index in [9.17, 15) is 9.00 Å². The Morgan fingerprint density at radius 3 is 2.29 bits per heavy atom. The number of hydrogen-bond donors (Lipinski definition) is 0. The Labute approximate surface area is 250 Å². The van der Waals surface area contributed by atoms with E-state index in [2.05, 4.69) is 40.7 Å². The van der Waals surface area contributed by atoms with E-state index in [1.165, 1.54) is 31.3 Å². The van der Waals surface area contributed by atoms with Gasteiger partial charge in [0.05, 0.1) is 16.4 Å². The first-order valence-corrected chi connectivity index (χ1v) is 17.3. The van der Waals surface area contributed by atoms with Crippen LogP contribution in [0.2, 0.25) is 0 Å². The molecule has 0 spiro atoms.